The highest BCUT2D eigenvalue weighted by atomic mass is 16.4. The van der Waals surface area contributed by atoms with Crippen LogP contribution in [0.15, 0.2) is 36.9 Å². The molecular formula is C11H10N4O2. The first-order chi connectivity index (χ1) is 8.16. The van der Waals surface area contributed by atoms with Gasteiger partial charge in [-0.05, 0) is 18.2 Å². The predicted molar refractivity (Wildman–Crippen MR) is 63.1 cm³/mol. The van der Waals surface area contributed by atoms with E-state index in [0.717, 1.165) is 0 Å². The van der Waals surface area contributed by atoms with Crippen LogP contribution in [0.1, 0.15) is 10.4 Å². The summed E-state index contributed by atoms with van der Waals surface area (Å²) in [6.07, 6.45) is 4.59. The number of nitrogens with two attached hydrogens (primary N) is 1. The number of hydrogen-bond donors (Lipinski definition) is 3. The van der Waals surface area contributed by atoms with Gasteiger partial charge in [0.2, 0.25) is 0 Å². The third-order valence-corrected chi connectivity index (χ3v) is 2.13. The van der Waals surface area contributed by atoms with E-state index >= 15 is 0 Å². The van der Waals surface area contributed by atoms with Gasteiger partial charge in [-0.15, -0.1) is 0 Å². The molecule has 0 atom stereocenters. The van der Waals surface area contributed by atoms with E-state index in [1.807, 2.05) is 0 Å². The summed E-state index contributed by atoms with van der Waals surface area (Å²) >= 11 is 0. The largest absolute Gasteiger partial charge is 0.478 e. The molecule has 0 amide bonds. The number of anilines is 3. The van der Waals surface area contributed by atoms with Crippen molar-refractivity contribution in [3.63, 3.8) is 0 Å². The molecule has 6 heteroatoms. The van der Waals surface area contributed by atoms with Crippen molar-refractivity contribution in [2.24, 2.45) is 0 Å². The van der Waals surface area contributed by atoms with E-state index in [9.17, 15) is 4.79 Å². The van der Waals surface area contributed by atoms with Gasteiger partial charge in [-0.3, -0.25) is 0 Å². The summed E-state index contributed by atoms with van der Waals surface area (Å²) in [5.41, 5.74) is 7.13. The molecule has 1 aromatic carbocycles. The van der Waals surface area contributed by atoms with Gasteiger partial charge in [0.05, 0.1) is 23.6 Å². The maximum atomic E-state index is 10.9. The molecule has 0 saturated heterocycles. The molecule has 0 spiro atoms. The monoisotopic (exact) mass is 230 g/mol. The Labute approximate surface area is 97.1 Å². The average Bonchev–Trinajstić information content (AvgIpc) is 2.32. The number of nitrogens with zero attached hydrogens (tertiary/aromatic N) is 2. The maximum Gasteiger partial charge on any atom is 0.337 e. The summed E-state index contributed by atoms with van der Waals surface area (Å²) in [7, 11) is 0. The Morgan fingerprint density at radius 3 is 2.59 bits per heavy atom. The van der Waals surface area contributed by atoms with Crippen LogP contribution >= 0.6 is 0 Å². The normalized spacial score (nSPS) is 9.88. The van der Waals surface area contributed by atoms with Gasteiger partial charge in [0.15, 0.2) is 0 Å². The van der Waals surface area contributed by atoms with Crippen LogP contribution in [0.25, 0.3) is 0 Å². The fraction of sp³-hybridized carbons (Fsp3) is 0. The van der Waals surface area contributed by atoms with Crippen molar-refractivity contribution in [2.45, 2.75) is 0 Å². The smallest absolute Gasteiger partial charge is 0.337 e. The molecule has 1 aromatic heterocycles. The number of rotatable bonds is 3. The summed E-state index contributed by atoms with van der Waals surface area (Å²) in [6, 6.07) is 4.69. The van der Waals surface area contributed by atoms with Crippen LogP contribution in [0.2, 0.25) is 0 Å². The van der Waals surface area contributed by atoms with Crippen LogP contribution in [0.5, 0.6) is 0 Å². The number of carboxylic acids is 1. The van der Waals surface area contributed by atoms with Crippen molar-refractivity contribution in [2.75, 3.05) is 11.1 Å². The van der Waals surface area contributed by atoms with Crippen LogP contribution in [0, 0.1) is 0 Å². The first-order valence-electron chi connectivity index (χ1n) is 4.81. The molecule has 0 fully saturated rings. The number of aromatic carboxylic acids is 1. The van der Waals surface area contributed by atoms with Crippen LogP contribution in [0.4, 0.5) is 17.1 Å². The quantitative estimate of drug-likeness (QED) is 0.691. The molecule has 2 aromatic rings. The van der Waals surface area contributed by atoms with Gasteiger partial charge in [-0.25, -0.2) is 14.8 Å². The molecule has 0 unspecified atom stereocenters. The first kappa shape index (κ1) is 10.9. The Balaban J connectivity index is 2.29. The van der Waals surface area contributed by atoms with E-state index in [1.54, 1.807) is 18.5 Å². The zero-order valence-corrected chi connectivity index (χ0v) is 8.79. The molecular weight excluding hydrogens is 220 g/mol. The molecule has 0 aliphatic rings. The van der Waals surface area contributed by atoms with E-state index < -0.39 is 5.97 Å². The van der Waals surface area contributed by atoms with Gasteiger partial charge in [0, 0.05) is 11.4 Å². The van der Waals surface area contributed by atoms with Gasteiger partial charge in [-0.1, -0.05) is 0 Å². The van der Waals surface area contributed by atoms with Crippen molar-refractivity contribution < 1.29 is 9.90 Å². The Kier molecular flexibility index (Phi) is 2.87. The number of nitrogens with one attached hydrogen (secondary N) is 1. The summed E-state index contributed by atoms with van der Waals surface area (Å²) < 4.78 is 0. The zero-order chi connectivity index (χ0) is 12.3. The van der Waals surface area contributed by atoms with Gasteiger partial charge in [0.25, 0.3) is 0 Å². The first-order valence-corrected chi connectivity index (χ1v) is 4.81. The van der Waals surface area contributed by atoms with Crippen molar-refractivity contribution in [3.8, 4) is 0 Å². The van der Waals surface area contributed by atoms with Gasteiger partial charge >= 0.3 is 5.97 Å². The summed E-state index contributed by atoms with van der Waals surface area (Å²) in [6.45, 7) is 0. The summed E-state index contributed by atoms with van der Waals surface area (Å²) in [5.74, 6) is -1.06. The van der Waals surface area contributed by atoms with Crippen LogP contribution in [-0.4, -0.2) is 21.0 Å². The molecule has 2 rings (SSSR count). The Morgan fingerprint density at radius 2 is 1.94 bits per heavy atom. The topological polar surface area (TPSA) is 101 Å². The lowest BCUT2D eigenvalue weighted by molar-refractivity contribution is 0.0698. The molecule has 6 nitrogen and oxygen atoms in total. The fourth-order valence-corrected chi connectivity index (χ4v) is 1.35. The second-order valence-corrected chi connectivity index (χ2v) is 3.36. The Morgan fingerprint density at radius 1 is 1.24 bits per heavy atom. The minimum Gasteiger partial charge on any atom is -0.478 e. The number of aromatic nitrogens is 2. The standard InChI is InChI=1S/C11H10N4O2/c12-10-2-1-7(3-9(10)11(16)17)15-8-4-13-6-14-5-8/h1-6,15H,12H2,(H,16,17). The lowest BCUT2D eigenvalue weighted by Gasteiger charge is -2.07. The highest BCUT2D eigenvalue weighted by molar-refractivity contribution is 5.95. The number of hydrogen-bond acceptors (Lipinski definition) is 5. The van der Waals surface area contributed by atoms with Crippen molar-refractivity contribution in [3.05, 3.63) is 42.5 Å². The van der Waals surface area contributed by atoms with E-state index in [4.69, 9.17) is 10.8 Å². The molecule has 1 heterocycles. The Hall–Kier alpha value is -2.63. The molecule has 0 aliphatic heterocycles. The molecule has 17 heavy (non-hydrogen) atoms. The highest BCUT2D eigenvalue weighted by Crippen LogP contribution is 2.20. The SMILES string of the molecule is Nc1ccc(Nc2cncnc2)cc1C(=O)O. The number of carbonyl (C=O) groups is 1. The second-order valence-electron chi connectivity index (χ2n) is 3.36. The molecule has 86 valence electrons. The molecule has 4 N–H and O–H groups in total. The van der Waals surface area contributed by atoms with E-state index in [0.29, 0.717) is 11.4 Å². The number of nitrogen functional groups attached to an aromatic ring is 1. The third kappa shape index (κ3) is 2.49. The van der Waals surface area contributed by atoms with Crippen LogP contribution in [0.3, 0.4) is 0 Å². The van der Waals surface area contributed by atoms with Crippen molar-refractivity contribution in [1.82, 2.24) is 9.97 Å². The minimum atomic E-state index is -1.06. The number of carboxylic acid groups (broad SMARTS) is 1. The van der Waals surface area contributed by atoms with Gasteiger partial charge in [-0.2, -0.15) is 0 Å². The fourth-order valence-electron chi connectivity index (χ4n) is 1.35. The average molecular weight is 230 g/mol. The van der Waals surface area contributed by atoms with Crippen LogP contribution < -0.4 is 11.1 Å². The minimum absolute atomic E-state index is 0.0619. The number of benzene rings is 1. The molecule has 0 aliphatic carbocycles. The lowest BCUT2D eigenvalue weighted by Crippen LogP contribution is -2.03. The van der Waals surface area contributed by atoms with E-state index in [-0.39, 0.29) is 11.3 Å². The van der Waals surface area contributed by atoms with Crippen molar-refractivity contribution >= 4 is 23.0 Å². The van der Waals surface area contributed by atoms with Crippen LogP contribution in [-0.2, 0) is 0 Å². The summed E-state index contributed by atoms with van der Waals surface area (Å²) in [5, 5.41) is 11.9. The molecule has 0 saturated carbocycles. The summed E-state index contributed by atoms with van der Waals surface area (Å²) in [4.78, 5) is 18.6. The highest BCUT2D eigenvalue weighted by Gasteiger charge is 2.08. The molecule has 0 bridgehead atoms. The second kappa shape index (κ2) is 4.48. The molecule has 0 radical (unpaired) electrons. The Bertz CT molecular complexity index is 542. The predicted octanol–water partition coefficient (Wildman–Crippen LogP) is 1.50. The zero-order valence-electron chi connectivity index (χ0n) is 8.79. The third-order valence-electron chi connectivity index (χ3n) is 2.13. The van der Waals surface area contributed by atoms with Gasteiger partial charge in [0.1, 0.15) is 6.33 Å². The van der Waals surface area contributed by atoms with E-state index in [1.165, 1.54) is 18.5 Å². The maximum absolute atomic E-state index is 10.9. The lowest BCUT2D eigenvalue weighted by atomic mass is 10.1. The van der Waals surface area contributed by atoms with Crippen molar-refractivity contribution in [1.29, 1.82) is 0 Å². The van der Waals surface area contributed by atoms with E-state index in [2.05, 4.69) is 15.3 Å². The van der Waals surface area contributed by atoms with Gasteiger partial charge < -0.3 is 16.2 Å².